The van der Waals surface area contributed by atoms with Crippen molar-refractivity contribution in [2.45, 2.75) is 19.0 Å². The van der Waals surface area contributed by atoms with Crippen LogP contribution in [0.25, 0.3) is 0 Å². The van der Waals surface area contributed by atoms with Crippen molar-refractivity contribution < 1.29 is 23.9 Å². The Balaban J connectivity index is 1.63. The molecule has 36 heavy (non-hydrogen) atoms. The fourth-order valence-electron chi connectivity index (χ4n) is 4.90. The largest absolute Gasteiger partial charge is 0.497 e. The number of hydrazine groups is 1. The van der Waals surface area contributed by atoms with Crippen LogP contribution in [-0.2, 0) is 9.59 Å². The summed E-state index contributed by atoms with van der Waals surface area (Å²) in [6.45, 7) is 1.89. The molecule has 0 aromatic heterocycles. The van der Waals surface area contributed by atoms with E-state index in [4.69, 9.17) is 9.47 Å². The molecule has 0 spiro atoms. The molecule has 3 aromatic rings. The minimum Gasteiger partial charge on any atom is -0.497 e. The highest BCUT2D eigenvalue weighted by molar-refractivity contribution is 9.10. The van der Waals surface area contributed by atoms with Gasteiger partial charge in [-0.2, -0.15) is 0 Å². The maximum absolute atomic E-state index is 13.9. The molecule has 184 valence electrons. The first-order valence-electron chi connectivity index (χ1n) is 11.4. The van der Waals surface area contributed by atoms with Crippen molar-refractivity contribution in [3.8, 4) is 11.5 Å². The van der Waals surface area contributed by atoms with Crippen LogP contribution in [-0.4, -0.2) is 43.0 Å². The van der Waals surface area contributed by atoms with E-state index in [1.54, 1.807) is 61.7 Å². The van der Waals surface area contributed by atoms with Crippen LogP contribution < -0.4 is 19.8 Å². The normalized spacial score (nSPS) is 21.1. The third kappa shape index (κ3) is 3.94. The second kappa shape index (κ2) is 9.40. The number of hydrogen-bond donors (Lipinski definition) is 1. The first kappa shape index (κ1) is 24.0. The molecule has 3 atom stereocenters. The molecule has 5 rings (SSSR count). The first-order chi connectivity index (χ1) is 17.3. The Morgan fingerprint density at radius 3 is 2.42 bits per heavy atom. The molecular formula is C27H24BrN3O5. The maximum atomic E-state index is 13.9. The molecule has 2 fully saturated rings. The predicted molar refractivity (Wildman–Crippen MR) is 137 cm³/mol. The Labute approximate surface area is 216 Å². The lowest BCUT2D eigenvalue weighted by molar-refractivity contribution is -0.123. The second-order valence-electron chi connectivity index (χ2n) is 8.72. The van der Waals surface area contributed by atoms with Gasteiger partial charge in [-0.25, -0.2) is 10.3 Å². The number of imide groups is 1. The molecule has 2 aliphatic rings. The number of nitrogens with zero attached hydrogens (tertiary/aromatic N) is 2. The van der Waals surface area contributed by atoms with Crippen molar-refractivity contribution in [1.29, 1.82) is 0 Å². The van der Waals surface area contributed by atoms with Gasteiger partial charge in [-0.3, -0.25) is 19.4 Å². The lowest BCUT2D eigenvalue weighted by Crippen LogP contribution is -2.48. The second-order valence-corrected chi connectivity index (χ2v) is 9.64. The van der Waals surface area contributed by atoms with Gasteiger partial charge in [0.05, 0.1) is 31.9 Å². The number of fused-ring (bicyclic) bond motifs is 1. The molecule has 9 heteroatoms. The number of carbonyl (C=O) groups excluding carboxylic acids is 3. The van der Waals surface area contributed by atoms with Crippen LogP contribution in [0.3, 0.4) is 0 Å². The average Bonchev–Trinajstić information content (AvgIpc) is 3.39. The molecule has 0 unspecified atom stereocenters. The van der Waals surface area contributed by atoms with E-state index in [1.807, 2.05) is 19.1 Å². The topological polar surface area (TPSA) is 88.2 Å². The van der Waals surface area contributed by atoms with Gasteiger partial charge in [0.25, 0.3) is 11.8 Å². The summed E-state index contributed by atoms with van der Waals surface area (Å²) in [6, 6.07) is 17.6. The molecule has 0 saturated carbocycles. The Morgan fingerprint density at radius 2 is 1.72 bits per heavy atom. The van der Waals surface area contributed by atoms with Gasteiger partial charge >= 0.3 is 0 Å². The van der Waals surface area contributed by atoms with E-state index in [0.717, 1.165) is 10.0 Å². The van der Waals surface area contributed by atoms with Crippen molar-refractivity contribution in [2.75, 3.05) is 19.1 Å². The zero-order valence-electron chi connectivity index (χ0n) is 19.9. The molecule has 3 aromatic carbocycles. The fraction of sp³-hybridized carbons (Fsp3) is 0.222. The van der Waals surface area contributed by atoms with E-state index < -0.39 is 29.8 Å². The Morgan fingerprint density at radius 1 is 0.944 bits per heavy atom. The summed E-state index contributed by atoms with van der Waals surface area (Å²) in [5, 5.41) is 1.28. The number of amides is 3. The van der Waals surface area contributed by atoms with Crippen molar-refractivity contribution in [2.24, 2.45) is 5.92 Å². The molecule has 0 aliphatic carbocycles. The molecule has 2 heterocycles. The van der Waals surface area contributed by atoms with Crippen molar-refractivity contribution in [3.63, 3.8) is 0 Å². The van der Waals surface area contributed by atoms with E-state index in [9.17, 15) is 14.4 Å². The number of benzene rings is 3. The van der Waals surface area contributed by atoms with Crippen LogP contribution in [0, 0.1) is 12.8 Å². The summed E-state index contributed by atoms with van der Waals surface area (Å²) < 4.78 is 11.7. The van der Waals surface area contributed by atoms with Crippen LogP contribution in [0.1, 0.15) is 27.5 Å². The van der Waals surface area contributed by atoms with Gasteiger partial charge in [0.2, 0.25) is 5.91 Å². The highest BCUT2D eigenvalue weighted by Gasteiger charge is 2.61. The number of methoxy groups -OCH3 is 2. The van der Waals surface area contributed by atoms with Crippen LogP contribution in [0.2, 0.25) is 0 Å². The van der Waals surface area contributed by atoms with Gasteiger partial charge in [0.15, 0.2) is 0 Å². The fourth-order valence-corrected chi connectivity index (χ4v) is 5.30. The zero-order chi connectivity index (χ0) is 25.6. The summed E-state index contributed by atoms with van der Waals surface area (Å²) in [5.41, 5.74) is 5.54. The van der Waals surface area contributed by atoms with E-state index >= 15 is 0 Å². The van der Waals surface area contributed by atoms with Gasteiger partial charge in [-0.15, -0.1) is 0 Å². The molecule has 2 aliphatic heterocycles. The average molecular weight is 550 g/mol. The standard InChI is InChI=1S/C27H24BrN3O5/c1-15-6-4-9-18(12-15)30-26(33)22-23(20-14-19(35-2)10-11-21(20)36-3)29-31(24(22)27(30)34)25(32)16-7-5-8-17(28)13-16/h4-14,22-24,29H,1-3H3/t22-,23-,24-/m0/s1. The van der Waals surface area contributed by atoms with Crippen molar-refractivity contribution in [1.82, 2.24) is 10.4 Å². The lowest BCUT2D eigenvalue weighted by atomic mass is 9.90. The molecule has 1 N–H and O–H groups in total. The summed E-state index contributed by atoms with van der Waals surface area (Å²) >= 11 is 3.40. The highest BCUT2D eigenvalue weighted by atomic mass is 79.9. The molecule has 0 bridgehead atoms. The van der Waals surface area contributed by atoms with Crippen LogP contribution in [0.5, 0.6) is 11.5 Å². The van der Waals surface area contributed by atoms with E-state index in [-0.39, 0.29) is 5.91 Å². The number of anilines is 1. The summed E-state index contributed by atoms with van der Waals surface area (Å²) in [5.74, 6) is -1.05. The van der Waals surface area contributed by atoms with Crippen molar-refractivity contribution in [3.05, 3.63) is 87.9 Å². The number of ether oxygens (including phenoxy) is 2. The van der Waals surface area contributed by atoms with Crippen LogP contribution >= 0.6 is 15.9 Å². The first-order valence-corrected chi connectivity index (χ1v) is 12.1. The molecule has 3 amide bonds. The van der Waals surface area contributed by atoms with Gasteiger partial charge in [0, 0.05) is 15.6 Å². The number of carbonyl (C=O) groups is 3. The summed E-state index contributed by atoms with van der Waals surface area (Å²) in [7, 11) is 3.08. The van der Waals surface area contributed by atoms with Gasteiger partial charge in [-0.05, 0) is 61.0 Å². The Kier molecular flexibility index (Phi) is 6.27. The number of nitrogens with one attached hydrogen (secondary N) is 1. The SMILES string of the molecule is COc1ccc(OC)c([C@@H]2NN(C(=O)c3cccc(Br)c3)[C@@H]3C(=O)N(c4cccc(C)c4)C(=O)[C@H]32)c1. The molecule has 8 nitrogen and oxygen atoms in total. The van der Waals surface area contributed by atoms with Gasteiger partial charge < -0.3 is 9.47 Å². The minimum atomic E-state index is -1.04. The van der Waals surface area contributed by atoms with E-state index in [1.165, 1.54) is 17.0 Å². The van der Waals surface area contributed by atoms with Gasteiger partial charge in [-0.1, -0.05) is 34.1 Å². The lowest BCUT2D eigenvalue weighted by Gasteiger charge is -2.26. The number of aryl methyl sites for hydroxylation is 1. The molecule has 0 radical (unpaired) electrons. The maximum Gasteiger partial charge on any atom is 0.268 e. The quantitative estimate of drug-likeness (QED) is 0.483. The number of rotatable bonds is 5. The number of hydrogen-bond acceptors (Lipinski definition) is 6. The zero-order valence-corrected chi connectivity index (χ0v) is 21.5. The highest BCUT2D eigenvalue weighted by Crippen LogP contribution is 2.45. The van der Waals surface area contributed by atoms with Crippen molar-refractivity contribution >= 4 is 39.3 Å². The van der Waals surface area contributed by atoms with Gasteiger partial charge in [0.1, 0.15) is 17.5 Å². The third-order valence-electron chi connectivity index (χ3n) is 6.56. The Hall–Kier alpha value is -3.69. The number of halogens is 1. The van der Waals surface area contributed by atoms with Crippen LogP contribution in [0.4, 0.5) is 5.69 Å². The molecular weight excluding hydrogens is 526 g/mol. The molecule has 2 saturated heterocycles. The predicted octanol–water partition coefficient (Wildman–Crippen LogP) is 4.03. The van der Waals surface area contributed by atoms with E-state index in [0.29, 0.717) is 28.3 Å². The minimum absolute atomic E-state index is 0.378. The Bertz CT molecular complexity index is 1380. The monoisotopic (exact) mass is 549 g/mol. The van der Waals surface area contributed by atoms with Crippen LogP contribution in [0.15, 0.2) is 71.2 Å². The third-order valence-corrected chi connectivity index (χ3v) is 7.05. The smallest absolute Gasteiger partial charge is 0.268 e. The van der Waals surface area contributed by atoms with E-state index in [2.05, 4.69) is 21.4 Å². The summed E-state index contributed by atoms with van der Waals surface area (Å²) in [4.78, 5) is 42.5. The summed E-state index contributed by atoms with van der Waals surface area (Å²) in [6.07, 6.45) is 0.